The molecule has 0 rings (SSSR count). The fraction of sp³-hybridized carbons (Fsp3) is 1.00. The van der Waals surface area contributed by atoms with Crippen LogP contribution >= 0.6 is 22.2 Å². The highest BCUT2D eigenvalue weighted by molar-refractivity contribution is 7.45. The molecule has 4 N–H and O–H groups in total. The third-order valence-electron chi connectivity index (χ3n) is 0.594. The summed E-state index contributed by atoms with van der Waals surface area (Å²) in [5.74, 6) is 0. The Labute approximate surface area is 97.8 Å². The van der Waals surface area contributed by atoms with E-state index < -0.39 is 23.9 Å². The van der Waals surface area contributed by atoms with Gasteiger partial charge in [0.1, 0.15) is 8.24 Å². The predicted molar refractivity (Wildman–Crippen MR) is 68.1 cm³/mol. The van der Waals surface area contributed by atoms with E-state index in [0.717, 1.165) is 6.55 Å². The summed E-state index contributed by atoms with van der Waals surface area (Å²) in [4.78, 5) is 23.3. The van der Waals surface area contributed by atoms with Crippen molar-refractivity contribution in [2.45, 2.75) is 32.7 Å². The Hall–Kier alpha value is 1.07. The van der Waals surface area contributed by atoms with Crippen LogP contribution in [0.4, 0.5) is 0 Å². The van der Waals surface area contributed by atoms with Gasteiger partial charge in [-0.1, -0.05) is 19.6 Å². The summed E-state index contributed by atoms with van der Waals surface area (Å²) in [6.45, 7) is 7.39. The second kappa shape index (κ2) is 5.97. The van der Waals surface area contributed by atoms with Crippen molar-refractivity contribution in [2.24, 2.45) is 0 Å². The minimum absolute atomic E-state index is 0.993. The topological polar surface area (TPSA) is 72.7 Å². The van der Waals surface area contributed by atoms with Crippen molar-refractivity contribution < 1.29 is 14.4 Å². The van der Waals surface area contributed by atoms with Gasteiger partial charge in [0, 0.05) is 6.55 Å². The van der Waals surface area contributed by atoms with Crippen LogP contribution < -0.4 is 4.65 Å². The summed E-state index contributed by atoms with van der Waals surface area (Å²) in [7, 11) is -4.86. The molecular weight excluding hydrogens is 277 g/mol. The molecule has 0 amide bonds. The molecule has 0 aliphatic heterocycles. The van der Waals surface area contributed by atoms with Crippen LogP contribution in [-0.2, 0) is 0 Å². The smallest absolute Gasteiger partial charge is 0.390 e. The Morgan fingerprint density at radius 3 is 1.07 bits per heavy atom. The molecule has 0 saturated carbocycles. The number of hydrogen-bond donors (Lipinski definition) is 4. The highest BCUT2D eigenvalue weighted by Gasteiger charge is 2.27. The molecule has 0 aliphatic carbocycles. The fourth-order valence-electron chi connectivity index (χ4n) is 0.658. The molecule has 0 aromatic heterocycles. The van der Waals surface area contributed by atoms with E-state index in [1.54, 1.807) is 0 Å². The van der Waals surface area contributed by atoms with Crippen molar-refractivity contribution in [3.05, 3.63) is 0 Å². The minimum Gasteiger partial charge on any atom is -0.390 e. The van der Waals surface area contributed by atoms with E-state index >= 15 is 0 Å². The van der Waals surface area contributed by atoms with Gasteiger partial charge in [-0.05, 0) is 6.55 Å². The van der Waals surface area contributed by atoms with Crippen LogP contribution in [0.5, 0.6) is 0 Å². The first-order valence-corrected chi connectivity index (χ1v) is 14.4. The molecule has 0 aromatic carbocycles. The molecule has 14 heavy (non-hydrogen) atoms. The average molecular weight is 296 g/mol. The van der Waals surface area contributed by atoms with E-state index in [-0.39, 0.29) is 0 Å². The predicted octanol–water partition coefficient (Wildman–Crippen LogP) is 0.989. The number of hydrogen-bond acceptors (Lipinski definition) is 4. The molecule has 88 valence electrons. The third kappa shape index (κ3) is 38.1. The van der Waals surface area contributed by atoms with E-state index in [0.29, 0.717) is 0 Å². The molecule has 9 heteroatoms. The van der Waals surface area contributed by atoms with Crippen molar-refractivity contribution >= 4 is 46.1 Å². The highest BCUT2D eigenvalue weighted by atomic mass is 35.7. The third-order valence-corrected chi connectivity index (χ3v) is 7.05. The van der Waals surface area contributed by atoms with Crippen LogP contribution in [0.15, 0.2) is 0 Å². The first kappa shape index (κ1) is 17.5. The monoisotopic (exact) mass is 295 g/mol. The number of nitrogens with one attached hydrogen (secondary N) is 1. The van der Waals surface area contributed by atoms with Crippen LogP contribution in [0.1, 0.15) is 0 Å². The molecule has 0 aliphatic rings. The SMILES string of the molecule is C[Si](C)(C)N[Si](C)(Cl)Cl.C[Si](O)(O)O. The first-order chi connectivity index (χ1) is 5.71. The maximum Gasteiger partial charge on any atom is 0.489 e. The summed E-state index contributed by atoms with van der Waals surface area (Å²) in [5.41, 5.74) is 0. The van der Waals surface area contributed by atoms with Gasteiger partial charge in [0.05, 0.1) is 0 Å². The van der Waals surface area contributed by atoms with Gasteiger partial charge >= 0.3 is 15.7 Å². The van der Waals surface area contributed by atoms with E-state index in [1.807, 2.05) is 6.55 Å². The Morgan fingerprint density at radius 2 is 1.07 bits per heavy atom. The van der Waals surface area contributed by atoms with Gasteiger partial charge in [-0.25, -0.2) is 0 Å². The fourth-order valence-corrected chi connectivity index (χ4v) is 11.0. The summed E-state index contributed by atoms with van der Waals surface area (Å²) < 4.78 is 3.27. The minimum atomic E-state index is -3.61. The van der Waals surface area contributed by atoms with Gasteiger partial charge in [0.2, 0.25) is 0 Å². The van der Waals surface area contributed by atoms with Gasteiger partial charge in [0.25, 0.3) is 0 Å². The molecule has 0 bridgehead atoms. The molecule has 4 nitrogen and oxygen atoms in total. The Balaban J connectivity index is 0. The van der Waals surface area contributed by atoms with Gasteiger partial charge in [-0.15, -0.1) is 22.2 Å². The summed E-state index contributed by atoms with van der Waals surface area (Å²) in [6, 6.07) is 0. The van der Waals surface area contributed by atoms with E-state index in [1.165, 1.54) is 0 Å². The molecule has 0 radical (unpaired) electrons. The summed E-state index contributed by atoms with van der Waals surface area (Å²) in [5, 5.41) is 0. The van der Waals surface area contributed by atoms with Crippen molar-refractivity contribution in [3.63, 3.8) is 0 Å². The lowest BCUT2D eigenvalue weighted by Gasteiger charge is -2.23. The normalized spacial score (nSPS) is 13.3. The van der Waals surface area contributed by atoms with E-state index in [4.69, 9.17) is 36.5 Å². The molecule has 0 atom stereocenters. The van der Waals surface area contributed by atoms with Crippen LogP contribution in [0.25, 0.3) is 0 Å². The lowest BCUT2D eigenvalue weighted by molar-refractivity contribution is 0.239. The average Bonchev–Trinajstić information content (AvgIpc) is 1.42. The maximum absolute atomic E-state index is 7.77. The first-order valence-electron chi connectivity index (χ1n) is 4.05. The molecule has 0 spiro atoms. The van der Waals surface area contributed by atoms with Crippen molar-refractivity contribution in [3.8, 4) is 0 Å². The maximum atomic E-state index is 7.77. The summed E-state index contributed by atoms with van der Waals surface area (Å²) in [6.07, 6.45) is 0. The van der Waals surface area contributed by atoms with Crippen LogP contribution in [0, 0.1) is 0 Å². The van der Waals surface area contributed by atoms with Crippen molar-refractivity contribution in [2.75, 3.05) is 0 Å². The van der Waals surface area contributed by atoms with Crippen LogP contribution in [0.3, 0.4) is 0 Å². The zero-order chi connectivity index (χ0) is 12.2. The Bertz CT molecular complexity index is 145. The second-order valence-corrected chi connectivity index (χ2v) is 18.6. The van der Waals surface area contributed by atoms with Crippen LogP contribution in [0.2, 0.25) is 32.7 Å². The van der Waals surface area contributed by atoms with Crippen molar-refractivity contribution in [1.82, 2.24) is 4.65 Å². The van der Waals surface area contributed by atoms with Crippen molar-refractivity contribution in [1.29, 1.82) is 0 Å². The summed E-state index contributed by atoms with van der Waals surface area (Å²) >= 11 is 11.7. The molecule has 0 saturated heterocycles. The van der Waals surface area contributed by atoms with Gasteiger partial charge < -0.3 is 19.0 Å². The van der Waals surface area contributed by atoms with Gasteiger partial charge in [-0.3, -0.25) is 0 Å². The van der Waals surface area contributed by atoms with E-state index in [9.17, 15) is 0 Å². The zero-order valence-electron chi connectivity index (χ0n) is 9.10. The molecule has 0 unspecified atom stereocenters. The number of rotatable bonds is 2. The van der Waals surface area contributed by atoms with Gasteiger partial charge in [-0.2, -0.15) is 0 Å². The second-order valence-electron chi connectivity index (χ2n) is 4.23. The van der Waals surface area contributed by atoms with Crippen LogP contribution in [-0.4, -0.2) is 38.3 Å². The zero-order valence-corrected chi connectivity index (χ0v) is 13.6. The lowest BCUT2D eigenvalue weighted by atomic mass is 11.8. The Morgan fingerprint density at radius 1 is 0.857 bits per heavy atom. The molecule has 0 aromatic rings. The van der Waals surface area contributed by atoms with E-state index in [2.05, 4.69) is 24.3 Å². The largest absolute Gasteiger partial charge is 0.489 e. The quantitative estimate of drug-likeness (QED) is 0.453. The standard InChI is InChI=1S/C4H13Cl2NSi2.CH6O3Si/c1-8(2,3)7-9(4,5)6;1-5(2,3)4/h7H,1-4H3;2-4H,1H3. The molecular formula is C5H19Cl2NO3Si3. The Kier molecular flexibility index (Phi) is 7.44. The molecule has 0 heterocycles. The molecule has 0 fully saturated rings. The van der Waals surface area contributed by atoms with Gasteiger partial charge in [0.15, 0.2) is 0 Å². The number of halogens is 2. The highest BCUT2D eigenvalue weighted by Crippen LogP contribution is 2.12. The lowest BCUT2D eigenvalue weighted by Crippen LogP contribution is -2.52.